The minimum Gasteiger partial charge on any atom is -0.495 e. The second kappa shape index (κ2) is 10.9. The maximum Gasteiger partial charge on any atom is 0.246 e. The van der Waals surface area contributed by atoms with Crippen LogP contribution < -0.4 is 10.1 Å². The maximum absolute atomic E-state index is 13.2. The van der Waals surface area contributed by atoms with Crippen LogP contribution in [-0.4, -0.2) is 77.9 Å². The number of morpholine rings is 1. The van der Waals surface area contributed by atoms with Gasteiger partial charge in [-0.05, 0) is 50.1 Å². The fourth-order valence-corrected chi connectivity index (χ4v) is 7.47. The van der Waals surface area contributed by atoms with Crippen LogP contribution in [0.3, 0.4) is 0 Å². The molecule has 196 valence electrons. The van der Waals surface area contributed by atoms with Crippen LogP contribution in [0.5, 0.6) is 5.75 Å². The van der Waals surface area contributed by atoms with Gasteiger partial charge in [-0.3, -0.25) is 4.79 Å². The van der Waals surface area contributed by atoms with Crippen LogP contribution in [0.1, 0.15) is 18.4 Å². The summed E-state index contributed by atoms with van der Waals surface area (Å²) in [4.78, 5) is 13.3. The third-order valence-corrected chi connectivity index (χ3v) is 10.2. The summed E-state index contributed by atoms with van der Waals surface area (Å²) >= 11 is 0. The molecule has 0 unspecified atom stereocenters. The van der Waals surface area contributed by atoms with Crippen molar-refractivity contribution in [1.29, 1.82) is 0 Å². The molecule has 2 saturated heterocycles. The van der Waals surface area contributed by atoms with E-state index in [2.05, 4.69) is 5.32 Å². The van der Waals surface area contributed by atoms with Gasteiger partial charge >= 0.3 is 0 Å². The van der Waals surface area contributed by atoms with Crippen molar-refractivity contribution in [2.24, 2.45) is 5.92 Å². The van der Waals surface area contributed by atoms with E-state index in [1.165, 1.54) is 27.9 Å². The van der Waals surface area contributed by atoms with Crippen molar-refractivity contribution in [3.05, 3.63) is 48.0 Å². The average Bonchev–Trinajstić information content (AvgIpc) is 2.89. The number of nitrogens with one attached hydrogen (secondary N) is 1. The fraction of sp³-hybridized carbons (Fsp3) is 0.458. The highest BCUT2D eigenvalue weighted by molar-refractivity contribution is 7.89. The van der Waals surface area contributed by atoms with Gasteiger partial charge in [0, 0.05) is 31.9 Å². The molecule has 0 saturated carbocycles. The molecule has 1 atom stereocenters. The molecule has 36 heavy (non-hydrogen) atoms. The third kappa shape index (κ3) is 5.57. The zero-order chi connectivity index (χ0) is 25.9. The Morgan fingerprint density at radius 3 is 2.33 bits per heavy atom. The average molecular weight is 538 g/mol. The van der Waals surface area contributed by atoms with Crippen LogP contribution in [0, 0.1) is 12.8 Å². The van der Waals surface area contributed by atoms with E-state index in [4.69, 9.17) is 9.47 Å². The van der Waals surface area contributed by atoms with E-state index in [1.807, 2.05) is 6.92 Å². The number of piperidine rings is 1. The first-order chi connectivity index (χ1) is 17.1. The second-order valence-corrected chi connectivity index (χ2v) is 12.7. The van der Waals surface area contributed by atoms with Gasteiger partial charge < -0.3 is 14.8 Å². The number of hydrogen-bond donors (Lipinski definition) is 1. The Balaban J connectivity index is 1.51. The van der Waals surface area contributed by atoms with E-state index in [0.29, 0.717) is 38.3 Å². The number of anilines is 1. The molecule has 0 aromatic heterocycles. The summed E-state index contributed by atoms with van der Waals surface area (Å²) < 4.78 is 65.8. The number of carbonyl (C=O) groups is 1. The molecule has 2 heterocycles. The molecule has 0 radical (unpaired) electrons. The van der Waals surface area contributed by atoms with Crippen LogP contribution in [-0.2, 0) is 29.6 Å². The number of aryl methyl sites for hydroxylation is 1. The molecular formula is C24H31N3O7S2. The number of amides is 1. The SMILES string of the molecule is COc1ccc(NC(=O)[C@@H]2CCCN(S(=O)(=O)c3ccc(C)cc3)C2)cc1S(=O)(=O)N1CCOCC1. The summed E-state index contributed by atoms with van der Waals surface area (Å²) in [5.41, 5.74) is 1.26. The normalized spacial score (nSPS) is 20.1. The predicted octanol–water partition coefficient (Wildman–Crippen LogP) is 2.06. The second-order valence-electron chi connectivity index (χ2n) is 8.89. The summed E-state index contributed by atoms with van der Waals surface area (Å²) in [6.45, 7) is 3.35. The maximum atomic E-state index is 13.2. The van der Waals surface area contributed by atoms with Crippen molar-refractivity contribution >= 4 is 31.6 Å². The highest BCUT2D eigenvalue weighted by Gasteiger charge is 2.34. The Bertz CT molecular complexity index is 1310. The number of nitrogens with zero attached hydrogens (tertiary/aromatic N) is 2. The Labute approximate surface area is 212 Å². The van der Waals surface area contributed by atoms with Crippen molar-refractivity contribution in [2.45, 2.75) is 29.6 Å². The molecule has 2 aromatic rings. The lowest BCUT2D eigenvalue weighted by Crippen LogP contribution is -2.43. The number of hydrogen-bond acceptors (Lipinski definition) is 7. The number of sulfonamides is 2. The number of ether oxygens (including phenoxy) is 2. The van der Waals surface area contributed by atoms with E-state index in [-0.39, 0.29) is 41.1 Å². The minimum absolute atomic E-state index is 0.0445. The van der Waals surface area contributed by atoms with Crippen LogP contribution in [0.15, 0.2) is 52.3 Å². The Morgan fingerprint density at radius 1 is 0.972 bits per heavy atom. The number of carbonyl (C=O) groups excluding carboxylic acids is 1. The Morgan fingerprint density at radius 2 is 1.67 bits per heavy atom. The molecule has 2 aromatic carbocycles. The summed E-state index contributed by atoms with van der Waals surface area (Å²) in [5.74, 6) is -0.758. The molecule has 2 aliphatic heterocycles. The Hall–Kier alpha value is -2.51. The topological polar surface area (TPSA) is 122 Å². The standard InChI is InChI=1S/C24H31N3O7S2/c1-18-5-8-21(9-6-18)35(29,30)27-11-3-4-19(17-27)24(28)25-20-7-10-22(33-2)23(16-20)36(31,32)26-12-14-34-15-13-26/h5-10,16,19H,3-4,11-15,17H2,1-2H3,(H,25,28)/t19-/m1/s1. The van der Waals surface area contributed by atoms with Gasteiger partial charge in [-0.25, -0.2) is 16.8 Å². The van der Waals surface area contributed by atoms with E-state index in [0.717, 1.165) is 5.56 Å². The molecule has 2 aliphatic rings. The van der Waals surface area contributed by atoms with Gasteiger partial charge in [0.2, 0.25) is 26.0 Å². The fourth-order valence-electron chi connectivity index (χ4n) is 4.36. The lowest BCUT2D eigenvalue weighted by Gasteiger charge is -2.31. The number of rotatable bonds is 7. The first-order valence-electron chi connectivity index (χ1n) is 11.8. The van der Waals surface area contributed by atoms with Crippen LogP contribution in [0.2, 0.25) is 0 Å². The minimum atomic E-state index is -3.86. The summed E-state index contributed by atoms with van der Waals surface area (Å²) in [5, 5.41) is 2.77. The molecule has 4 rings (SSSR count). The van der Waals surface area contributed by atoms with Crippen LogP contribution in [0.25, 0.3) is 0 Å². The van der Waals surface area contributed by atoms with Crippen molar-refractivity contribution in [3.63, 3.8) is 0 Å². The highest BCUT2D eigenvalue weighted by Crippen LogP contribution is 2.31. The predicted molar refractivity (Wildman–Crippen MR) is 134 cm³/mol. The van der Waals surface area contributed by atoms with E-state index in [1.54, 1.807) is 30.3 Å². The highest BCUT2D eigenvalue weighted by atomic mass is 32.2. The van der Waals surface area contributed by atoms with Gasteiger partial charge in [-0.15, -0.1) is 0 Å². The van der Waals surface area contributed by atoms with Gasteiger partial charge in [0.25, 0.3) is 0 Å². The molecule has 1 N–H and O–H groups in total. The molecule has 1 amide bonds. The van der Waals surface area contributed by atoms with Gasteiger partial charge in [-0.1, -0.05) is 17.7 Å². The summed E-state index contributed by atoms with van der Waals surface area (Å²) in [6.07, 6.45) is 1.07. The quantitative estimate of drug-likeness (QED) is 0.574. The van der Waals surface area contributed by atoms with E-state index >= 15 is 0 Å². The molecule has 12 heteroatoms. The lowest BCUT2D eigenvalue weighted by molar-refractivity contribution is -0.120. The van der Waals surface area contributed by atoms with Gasteiger partial charge in [0.15, 0.2) is 0 Å². The van der Waals surface area contributed by atoms with Crippen molar-refractivity contribution < 1.29 is 31.1 Å². The van der Waals surface area contributed by atoms with Crippen molar-refractivity contribution in [2.75, 3.05) is 51.8 Å². The smallest absolute Gasteiger partial charge is 0.246 e. The molecular weight excluding hydrogens is 506 g/mol. The largest absolute Gasteiger partial charge is 0.495 e. The van der Waals surface area contributed by atoms with E-state index in [9.17, 15) is 21.6 Å². The van der Waals surface area contributed by atoms with Crippen LogP contribution >= 0.6 is 0 Å². The van der Waals surface area contributed by atoms with Gasteiger partial charge in [0.05, 0.1) is 31.1 Å². The third-order valence-electron chi connectivity index (χ3n) is 6.43. The zero-order valence-corrected chi connectivity index (χ0v) is 22.0. The van der Waals surface area contributed by atoms with E-state index < -0.39 is 26.0 Å². The molecule has 0 bridgehead atoms. The first kappa shape index (κ1) is 26.6. The van der Waals surface area contributed by atoms with Crippen LogP contribution in [0.4, 0.5) is 5.69 Å². The van der Waals surface area contributed by atoms with Gasteiger partial charge in [-0.2, -0.15) is 8.61 Å². The van der Waals surface area contributed by atoms with Gasteiger partial charge in [0.1, 0.15) is 10.6 Å². The number of benzene rings is 2. The zero-order valence-electron chi connectivity index (χ0n) is 20.3. The van der Waals surface area contributed by atoms with Crippen molar-refractivity contribution in [1.82, 2.24) is 8.61 Å². The Kier molecular flexibility index (Phi) is 8.00. The molecule has 10 nitrogen and oxygen atoms in total. The number of methoxy groups -OCH3 is 1. The lowest BCUT2D eigenvalue weighted by atomic mass is 9.98. The van der Waals surface area contributed by atoms with Crippen molar-refractivity contribution in [3.8, 4) is 5.75 Å². The first-order valence-corrected chi connectivity index (χ1v) is 14.6. The molecule has 0 spiro atoms. The monoisotopic (exact) mass is 537 g/mol. The molecule has 0 aliphatic carbocycles. The summed E-state index contributed by atoms with van der Waals surface area (Å²) in [7, 11) is -6.20. The molecule has 2 fully saturated rings. The summed E-state index contributed by atoms with van der Waals surface area (Å²) in [6, 6.07) is 11.1.